The Balaban J connectivity index is 1.34. The minimum atomic E-state index is -3.84. The third-order valence-corrected chi connectivity index (χ3v) is 11.8. The summed E-state index contributed by atoms with van der Waals surface area (Å²) in [7, 11) is -3.84. The van der Waals surface area contributed by atoms with Crippen molar-refractivity contribution in [3.63, 3.8) is 0 Å². The Morgan fingerprint density at radius 2 is 1.89 bits per heavy atom. The smallest absolute Gasteiger partial charge is 0.270 e. The third kappa shape index (κ3) is 3.97. The monoisotopic (exact) mass is 500 g/mol. The molecule has 0 saturated heterocycles. The van der Waals surface area contributed by atoms with Gasteiger partial charge >= 0.3 is 0 Å². The number of non-ortho nitro benzene ring substituents is 1. The fourth-order valence-corrected chi connectivity index (χ4v) is 9.79. The van der Waals surface area contributed by atoms with E-state index < -0.39 is 14.9 Å². The lowest BCUT2D eigenvalue weighted by Gasteiger charge is -2.58. The van der Waals surface area contributed by atoms with Crippen LogP contribution in [0.1, 0.15) is 72.1 Å². The summed E-state index contributed by atoms with van der Waals surface area (Å²) in [6.07, 6.45) is 10.2. The van der Waals surface area contributed by atoms with E-state index in [9.17, 15) is 23.3 Å². The van der Waals surface area contributed by atoms with E-state index in [2.05, 4.69) is 24.6 Å². The molecule has 1 aromatic rings. The maximum Gasteiger partial charge on any atom is 0.270 e. The topological polar surface area (TPSA) is 106 Å². The number of nitrogens with one attached hydrogen (secondary N) is 1. The van der Waals surface area contributed by atoms with Gasteiger partial charge in [0.05, 0.1) is 9.82 Å². The maximum absolute atomic E-state index is 13.0. The lowest BCUT2D eigenvalue weighted by molar-refractivity contribution is -0.385. The number of Topliss-reactive ketones (excluding diaryl/α,β-unsaturated/α-hetero) is 1. The number of allylic oxidation sites excluding steroid dienone is 1. The quantitative estimate of drug-likeness (QED) is 0.330. The molecule has 4 aliphatic rings. The average molecular weight is 501 g/mol. The van der Waals surface area contributed by atoms with E-state index >= 15 is 0 Å². The number of nitro groups is 1. The fourth-order valence-electron chi connectivity index (χ4n) is 8.48. The second-order valence-electron chi connectivity index (χ2n) is 11.9. The van der Waals surface area contributed by atoms with Gasteiger partial charge in [0.25, 0.3) is 5.69 Å². The Morgan fingerprint density at radius 1 is 1.11 bits per heavy atom. The number of sulfonamides is 1. The molecule has 4 aliphatic carbocycles. The normalized spacial score (nSPS) is 38.6. The zero-order valence-corrected chi connectivity index (χ0v) is 21.6. The van der Waals surface area contributed by atoms with E-state index in [1.165, 1.54) is 23.8 Å². The average Bonchev–Trinajstić information content (AvgIpc) is 3.17. The largest absolute Gasteiger partial charge is 0.300 e. The van der Waals surface area contributed by atoms with Gasteiger partial charge in [-0.2, -0.15) is 0 Å². The van der Waals surface area contributed by atoms with E-state index in [0.717, 1.165) is 51.0 Å². The Kier molecular flexibility index (Phi) is 5.99. The molecule has 3 fully saturated rings. The number of fused-ring (bicyclic) bond motifs is 5. The molecule has 1 N–H and O–H groups in total. The molecule has 0 bridgehead atoms. The Hall–Kier alpha value is -2.06. The zero-order valence-electron chi connectivity index (χ0n) is 20.8. The van der Waals surface area contributed by atoms with Crippen molar-refractivity contribution in [3.8, 4) is 0 Å². The number of nitrogens with zero attached hydrogens (tertiary/aromatic N) is 1. The molecule has 1 unspecified atom stereocenters. The summed E-state index contributed by atoms with van der Waals surface area (Å²) in [6.45, 7) is 6.50. The molecular formula is C27H36N2O5S. The molecule has 0 heterocycles. The summed E-state index contributed by atoms with van der Waals surface area (Å²) < 4.78 is 28.8. The highest BCUT2D eigenvalue weighted by atomic mass is 32.2. The summed E-state index contributed by atoms with van der Waals surface area (Å²) in [4.78, 5) is 22.8. The number of benzene rings is 1. The van der Waals surface area contributed by atoms with Gasteiger partial charge in [0.2, 0.25) is 10.0 Å². The van der Waals surface area contributed by atoms with Crippen molar-refractivity contribution in [1.29, 1.82) is 0 Å². The molecule has 3 saturated carbocycles. The minimum Gasteiger partial charge on any atom is -0.300 e. The molecule has 0 amide bonds. The van der Waals surface area contributed by atoms with Gasteiger partial charge in [-0.1, -0.05) is 31.6 Å². The van der Waals surface area contributed by atoms with E-state index in [1.807, 2.05) is 0 Å². The zero-order chi connectivity index (χ0) is 25.2. The number of rotatable bonds is 5. The molecule has 8 heteroatoms. The second-order valence-corrected chi connectivity index (χ2v) is 13.6. The summed E-state index contributed by atoms with van der Waals surface area (Å²) in [5.74, 6) is 2.33. The van der Waals surface area contributed by atoms with E-state index in [-0.39, 0.29) is 33.4 Å². The van der Waals surface area contributed by atoms with Gasteiger partial charge in [-0.3, -0.25) is 14.9 Å². The Labute approximate surface area is 208 Å². The van der Waals surface area contributed by atoms with Crippen molar-refractivity contribution in [3.05, 3.63) is 46.0 Å². The van der Waals surface area contributed by atoms with Crippen molar-refractivity contribution in [2.45, 2.75) is 83.1 Å². The predicted octanol–water partition coefficient (Wildman–Crippen LogP) is 5.41. The maximum atomic E-state index is 13.0. The number of ketones is 1. The molecule has 35 heavy (non-hydrogen) atoms. The van der Waals surface area contributed by atoms with Gasteiger partial charge in [-0.25, -0.2) is 13.1 Å². The molecule has 5 rings (SSSR count). The van der Waals surface area contributed by atoms with Crippen LogP contribution in [0, 0.1) is 44.6 Å². The van der Waals surface area contributed by atoms with Crippen LogP contribution in [0.5, 0.6) is 0 Å². The SMILES string of the molecule is CC(=O)[C@H]1CC[C@H]2[C@@H]3CC=C4CC(NS(=O)(=O)c5cccc([N+](=O)[O-])c5)CC[C@]4(C)[C@H]3CC[C@]12C. The van der Waals surface area contributed by atoms with Crippen molar-refractivity contribution < 1.29 is 18.1 Å². The first kappa shape index (κ1) is 24.6. The van der Waals surface area contributed by atoms with Crippen LogP contribution in [0.15, 0.2) is 40.8 Å². The van der Waals surface area contributed by atoms with Crippen molar-refractivity contribution in [2.24, 2.45) is 34.5 Å². The molecular weight excluding hydrogens is 464 g/mol. The van der Waals surface area contributed by atoms with E-state index in [1.54, 1.807) is 6.92 Å². The second kappa shape index (κ2) is 8.51. The Morgan fingerprint density at radius 3 is 2.60 bits per heavy atom. The van der Waals surface area contributed by atoms with Gasteiger partial charge in [-0.05, 0) is 92.9 Å². The van der Waals surface area contributed by atoms with Crippen LogP contribution in [-0.2, 0) is 14.8 Å². The van der Waals surface area contributed by atoms with Crippen LogP contribution in [0.4, 0.5) is 5.69 Å². The first-order valence-electron chi connectivity index (χ1n) is 12.9. The highest BCUT2D eigenvalue weighted by Gasteiger charge is 2.59. The number of hydrogen-bond donors (Lipinski definition) is 1. The molecule has 7 atom stereocenters. The predicted molar refractivity (Wildman–Crippen MR) is 133 cm³/mol. The summed E-state index contributed by atoms with van der Waals surface area (Å²) in [6, 6.07) is 5.02. The molecule has 190 valence electrons. The van der Waals surface area contributed by atoms with Gasteiger partial charge < -0.3 is 0 Å². The van der Waals surface area contributed by atoms with Gasteiger partial charge in [-0.15, -0.1) is 0 Å². The first-order chi connectivity index (χ1) is 16.5. The van der Waals surface area contributed by atoms with Crippen molar-refractivity contribution >= 4 is 21.5 Å². The minimum absolute atomic E-state index is 0.0643. The number of hydrogen-bond acceptors (Lipinski definition) is 5. The van der Waals surface area contributed by atoms with Crippen molar-refractivity contribution in [1.82, 2.24) is 4.72 Å². The van der Waals surface area contributed by atoms with Gasteiger partial charge in [0.15, 0.2) is 0 Å². The van der Waals surface area contributed by atoms with Crippen molar-refractivity contribution in [2.75, 3.05) is 0 Å². The van der Waals surface area contributed by atoms with Crippen LogP contribution < -0.4 is 4.72 Å². The molecule has 0 radical (unpaired) electrons. The lowest BCUT2D eigenvalue weighted by Crippen LogP contribution is -2.52. The fraction of sp³-hybridized carbons (Fsp3) is 0.667. The first-order valence-corrected chi connectivity index (χ1v) is 14.4. The van der Waals surface area contributed by atoms with Gasteiger partial charge in [0.1, 0.15) is 5.78 Å². The highest BCUT2D eigenvalue weighted by molar-refractivity contribution is 7.89. The number of nitro benzene ring substituents is 1. The van der Waals surface area contributed by atoms with Crippen LogP contribution in [0.2, 0.25) is 0 Å². The molecule has 7 nitrogen and oxygen atoms in total. The van der Waals surface area contributed by atoms with Crippen LogP contribution in [-0.4, -0.2) is 25.2 Å². The van der Waals surface area contributed by atoms with Crippen LogP contribution in [0.3, 0.4) is 0 Å². The molecule has 0 spiro atoms. The molecule has 0 aromatic heterocycles. The van der Waals surface area contributed by atoms with Crippen LogP contribution >= 0.6 is 0 Å². The van der Waals surface area contributed by atoms with E-state index in [4.69, 9.17) is 0 Å². The number of carbonyl (C=O) groups is 1. The van der Waals surface area contributed by atoms with E-state index in [0.29, 0.717) is 30.0 Å². The third-order valence-electron chi connectivity index (χ3n) is 10.3. The van der Waals surface area contributed by atoms with Gasteiger partial charge in [0, 0.05) is 24.1 Å². The molecule has 1 aromatic carbocycles. The Bertz CT molecular complexity index is 1190. The molecule has 0 aliphatic heterocycles. The standard InChI is InChI=1S/C27H36N2O5S/c1-17(30)23-9-10-24-22-8-7-18-15-19(11-13-26(18,2)25(22)12-14-27(23,24)3)28-35(33,34)21-6-4-5-20(16-21)29(31)32/h4-7,16,19,22-25,28H,8-15H2,1-3H3/t19?,22-,23+,24-,25-,26-,27+/m0/s1. The summed E-state index contributed by atoms with van der Waals surface area (Å²) in [5, 5.41) is 11.1. The summed E-state index contributed by atoms with van der Waals surface area (Å²) >= 11 is 0. The highest BCUT2D eigenvalue weighted by Crippen LogP contribution is 2.66. The number of carbonyl (C=O) groups excluding carboxylic acids is 1. The summed E-state index contributed by atoms with van der Waals surface area (Å²) in [5.41, 5.74) is 1.33. The van der Waals surface area contributed by atoms with Crippen LogP contribution in [0.25, 0.3) is 0 Å². The lowest BCUT2D eigenvalue weighted by atomic mass is 9.47.